The minimum absolute atomic E-state index is 0. The van der Waals surface area contributed by atoms with E-state index in [4.69, 9.17) is 11.1 Å². The van der Waals surface area contributed by atoms with Crippen molar-refractivity contribution in [2.24, 2.45) is 11.7 Å². The van der Waals surface area contributed by atoms with E-state index in [9.17, 15) is 22.8 Å². The second-order valence-corrected chi connectivity index (χ2v) is 10.2. The Balaban J connectivity index is 0.00000544. The number of benzene rings is 1. The maximum absolute atomic E-state index is 13.1. The number of hydrogen-bond donors (Lipinski definition) is 4. The number of hydrogen-bond acceptors (Lipinski definition) is 6. The van der Waals surface area contributed by atoms with E-state index in [2.05, 4.69) is 10.0 Å². The number of halogens is 1. The Kier molecular flexibility index (Phi) is 10.5. The van der Waals surface area contributed by atoms with E-state index in [1.165, 1.54) is 36.1 Å². The number of sulfonamides is 1. The Hall–Kier alpha value is -2.50. The van der Waals surface area contributed by atoms with Gasteiger partial charge in [-0.2, -0.15) is 0 Å². The van der Waals surface area contributed by atoms with Crippen molar-refractivity contribution in [2.75, 3.05) is 12.3 Å². The van der Waals surface area contributed by atoms with Gasteiger partial charge in [0.25, 0.3) is 5.91 Å². The van der Waals surface area contributed by atoms with Gasteiger partial charge in [0.15, 0.2) is 0 Å². The van der Waals surface area contributed by atoms with E-state index in [-0.39, 0.29) is 35.5 Å². The zero-order valence-electron chi connectivity index (χ0n) is 19.0. The summed E-state index contributed by atoms with van der Waals surface area (Å²) in [4.78, 5) is 39.8. The molecule has 1 aromatic rings. The van der Waals surface area contributed by atoms with Crippen LogP contribution >= 0.6 is 12.4 Å². The summed E-state index contributed by atoms with van der Waals surface area (Å²) in [7, 11) is -3.62. The highest BCUT2D eigenvalue weighted by Crippen LogP contribution is 2.21. The molecular weight excluding hydrogens is 470 g/mol. The summed E-state index contributed by atoms with van der Waals surface area (Å²) in [5.41, 5.74) is 6.06. The van der Waals surface area contributed by atoms with Gasteiger partial charge in [-0.05, 0) is 44.2 Å². The van der Waals surface area contributed by atoms with Gasteiger partial charge < -0.3 is 10.6 Å². The molecule has 3 amide bonds. The van der Waals surface area contributed by atoms with Gasteiger partial charge in [-0.3, -0.25) is 25.1 Å². The van der Waals surface area contributed by atoms with Crippen LogP contribution < -0.4 is 15.8 Å². The summed E-state index contributed by atoms with van der Waals surface area (Å²) in [6, 6.07) is 4.09. The molecule has 0 aromatic heterocycles. The zero-order valence-corrected chi connectivity index (χ0v) is 20.6. The van der Waals surface area contributed by atoms with Crippen LogP contribution in [0.4, 0.5) is 0 Å². The first-order chi connectivity index (χ1) is 14.9. The van der Waals surface area contributed by atoms with Gasteiger partial charge in [0, 0.05) is 17.7 Å². The van der Waals surface area contributed by atoms with Gasteiger partial charge >= 0.3 is 0 Å². The first-order valence-electron chi connectivity index (χ1n) is 10.5. The minimum Gasteiger partial charge on any atom is -0.384 e. The van der Waals surface area contributed by atoms with E-state index < -0.39 is 39.8 Å². The molecule has 0 unspecified atom stereocenters. The standard InChI is InChI=1S/C21H31N5O5S.ClH/c1-4-32(30,31)25-16(12-13(2)3)21(29)26-11-5-6-17(26)20(28)24-19(27)15-9-7-14(8-10-15)18(22)23;/h7-10,13,16-17,25H,4-6,11-12H2,1-3H3,(H3,22,23)(H,24,27,28);1H/t16-,17+;/m1./s1. The van der Waals surface area contributed by atoms with Crippen LogP contribution in [0.15, 0.2) is 24.3 Å². The number of carbonyl (C=O) groups excluding carboxylic acids is 3. The van der Waals surface area contributed by atoms with Crippen molar-refractivity contribution in [3.63, 3.8) is 0 Å². The largest absolute Gasteiger partial charge is 0.384 e. The molecule has 0 aliphatic carbocycles. The lowest BCUT2D eigenvalue weighted by Gasteiger charge is -2.29. The van der Waals surface area contributed by atoms with Crippen LogP contribution in [0.5, 0.6) is 0 Å². The zero-order chi connectivity index (χ0) is 24.1. The number of nitrogens with zero attached hydrogens (tertiary/aromatic N) is 1. The Morgan fingerprint density at radius 1 is 1.18 bits per heavy atom. The van der Waals surface area contributed by atoms with E-state index >= 15 is 0 Å². The predicted octanol–water partition coefficient (Wildman–Crippen LogP) is 0.994. The Morgan fingerprint density at radius 3 is 2.27 bits per heavy atom. The van der Waals surface area contributed by atoms with Crippen molar-refractivity contribution in [2.45, 2.75) is 52.1 Å². The number of nitrogens with two attached hydrogens (primary N) is 1. The fourth-order valence-corrected chi connectivity index (χ4v) is 4.34. The smallest absolute Gasteiger partial charge is 0.257 e. The molecule has 184 valence electrons. The van der Waals surface area contributed by atoms with Gasteiger partial charge in [-0.15, -0.1) is 12.4 Å². The highest BCUT2D eigenvalue weighted by molar-refractivity contribution is 7.89. The second-order valence-electron chi connectivity index (χ2n) is 8.20. The number of likely N-dealkylation sites (tertiary alicyclic amines) is 1. The molecule has 0 bridgehead atoms. The number of carbonyl (C=O) groups is 3. The quantitative estimate of drug-likeness (QED) is 0.224. The molecule has 1 saturated heterocycles. The van der Waals surface area contributed by atoms with Gasteiger partial charge in [0.05, 0.1) is 5.75 Å². The molecule has 5 N–H and O–H groups in total. The summed E-state index contributed by atoms with van der Waals surface area (Å²) in [6.45, 7) is 5.55. The van der Waals surface area contributed by atoms with Crippen LogP contribution in [0.2, 0.25) is 0 Å². The summed E-state index contributed by atoms with van der Waals surface area (Å²) >= 11 is 0. The third-order valence-electron chi connectivity index (χ3n) is 5.24. The molecule has 33 heavy (non-hydrogen) atoms. The SMILES string of the molecule is CCS(=O)(=O)N[C@H](CC(C)C)C(=O)N1CCC[C@H]1C(=O)NC(=O)c1ccc(C(=N)N)cc1.Cl. The molecule has 12 heteroatoms. The van der Waals surface area contributed by atoms with Gasteiger partial charge in [0.2, 0.25) is 21.8 Å². The first kappa shape index (κ1) is 28.5. The van der Waals surface area contributed by atoms with Gasteiger partial charge in [-0.1, -0.05) is 26.0 Å². The molecule has 1 aliphatic rings. The molecule has 1 aliphatic heterocycles. The topological polar surface area (TPSA) is 163 Å². The fourth-order valence-electron chi connectivity index (χ4n) is 3.54. The molecule has 0 radical (unpaired) electrons. The number of amidine groups is 1. The van der Waals surface area contributed by atoms with Crippen LogP contribution in [0, 0.1) is 11.3 Å². The molecule has 2 rings (SSSR count). The monoisotopic (exact) mass is 501 g/mol. The van der Waals surface area contributed by atoms with E-state index in [1.807, 2.05) is 13.8 Å². The maximum atomic E-state index is 13.1. The van der Waals surface area contributed by atoms with Crippen molar-refractivity contribution in [3.05, 3.63) is 35.4 Å². The van der Waals surface area contributed by atoms with Crippen LogP contribution in [0.1, 0.15) is 56.0 Å². The van der Waals surface area contributed by atoms with E-state index in [0.717, 1.165) is 0 Å². The number of amides is 3. The first-order valence-corrected chi connectivity index (χ1v) is 12.2. The molecular formula is C21H32ClN5O5S. The Morgan fingerprint density at radius 2 is 1.76 bits per heavy atom. The fraction of sp³-hybridized carbons (Fsp3) is 0.524. The Labute approximate surface area is 200 Å². The highest BCUT2D eigenvalue weighted by Gasteiger charge is 2.38. The lowest BCUT2D eigenvalue weighted by atomic mass is 10.0. The van der Waals surface area contributed by atoms with Crippen LogP contribution in [0.3, 0.4) is 0 Å². The molecule has 10 nitrogen and oxygen atoms in total. The van der Waals surface area contributed by atoms with Crippen molar-refractivity contribution in [3.8, 4) is 0 Å². The van der Waals surface area contributed by atoms with Crippen molar-refractivity contribution >= 4 is 46.0 Å². The summed E-state index contributed by atoms with van der Waals surface area (Å²) in [5, 5.41) is 9.70. The molecule has 1 aromatic carbocycles. The summed E-state index contributed by atoms with van der Waals surface area (Å²) in [5.74, 6) is -1.95. The molecule has 2 atom stereocenters. The van der Waals surface area contributed by atoms with Crippen LogP contribution in [-0.4, -0.2) is 61.3 Å². The van der Waals surface area contributed by atoms with Crippen molar-refractivity contribution in [1.29, 1.82) is 5.41 Å². The highest BCUT2D eigenvalue weighted by atomic mass is 35.5. The van der Waals surface area contributed by atoms with Crippen molar-refractivity contribution < 1.29 is 22.8 Å². The molecule has 0 saturated carbocycles. The predicted molar refractivity (Wildman–Crippen MR) is 128 cm³/mol. The lowest BCUT2D eigenvalue weighted by Crippen LogP contribution is -2.54. The second kappa shape index (κ2) is 12.1. The average molecular weight is 502 g/mol. The molecule has 1 heterocycles. The van der Waals surface area contributed by atoms with Crippen LogP contribution in [0.25, 0.3) is 0 Å². The normalized spacial score (nSPS) is 16.7. The number of nitrogen functional groups attached to an aromatic ring is 1. The summed E-state index contributed by atoms with van der Waals surface area (Å²) < 4.78 is 26.6. The average Bonchev–Trinajstić information content (AvgIpc) is 3.22. The minimum atomic E-state index is -3.62. The van der Waals surface area contributed by atoms with Crippen LogP contribution in [-0.2, 0) is 19.6 Å². The third kappa shape index (κ3) is 7.79. The number of rotatable bonds is 9. The lowest BCUT2D eigenvalue weighted by molar-refractivity contribution is -0.139. The molecule has 0 spiro atoms. The number of imide groups is 1. The third-order valence-corrected chi connectivity index (χ3v) is 6.64. The van der Waals surface area contributed by atoms with Gasteiger partial charge in [-0.25, -0.2) is 13.1 Å². The van der Waals surface area contributed by atoms with Gasteiger partial charge in [0.1, 0.15) is 17.9 Å². The summed E-state index contributed by atoms with van der Waals surface area (Å²) in [6.07, 6.45) is 1.24. The number of nitrogens with one attached hydrogen (secondary N) is 3. The van der Waals surface area contributed by atoms with E-state index in [0.29, 0.717) is 31.4 Å². The molecule has 1 fully saturated rings. The van der Waals surface area contributed by atoms with E-state index in [1.54, 1.807) is 0 Å². The maximum Gasteiger partial charge on any atom is 0.257 e. The van der Waals surface area contributed by atoms with Crippen molar-refractivity contribution in [1.82, 2.24) is 14.9 Å². The Bertz CT molecular complexity index is 981.